The first-order valence-corrected chi connectivity index (χ1v) is 6.20. The van der Waals surface area contributed by atoms with E-state index in [1.54, 1.807) is 14.2 Å². The predicted molar refractivity (Wildman–Crippen MR) is 73.5 cm³/mol. The number of methoxy groups -OCH3 is 2. The lowest BCUT2D eigenvalue weighted by Crippen LogP contribution is -1.96. The topological polar surface area (TPSA) is 44.5 Å². The van der Waals surface area contributed by atoms with Crippen LogP contribution in [0.25, 0.3) is 10.8 Å². The summed E-state index contributed by atoms with van der Waals surface area (Å²) in [7, 11) is 3.32. The number of hydrogen-bond donors (Lipinski definition) is 1. The average Bonchev–Trinajstić information content (AvgIpc) is 2.87. The molecule has 94 valence electrons. The first-order valence-electron chi connectivity index (χ1n) is 6.20. The Morgan fingerprint density at radius 3 is 2.33 bits per heavy atom. The number of fused-ring (bicyclic) bond motifs is 3. The van der Waals surface area contributed by atoms with Gasteiger partial charge in [0.2, 0.25) is 0 Å². The molecule has 1 aliphatic rings. The Labute approximate surface area is 106 Å². The summed E-state index contributed by atoms with van der Waals surface area (Å²) in [5.41, 5.74) is 9.73. The Balaban J connectivity index is 2.34. The van der Waals surface area contributed by atoms with Crippen molar-refractivity contribution in [3.8, 4) is 11.5 Å². The van der Waals surface area contributed by atoms with E-state index in [2.05, 4.69) is 6.07 Å². The van der Waals surface area contributed by atoms with Crippen molar-refractivity contribution >= 4 is 16.5 Å². The molecule has 0 bridgehead atoms. The van der Waals surface area contributed by atoms with E-state index in [1.165, 1.54) is 22.9 Å². The summed E-state index contributed by atoms with van der Waals surface area (Å²) in [6.45, 7) is 0. The highest BCUT2D eigenvalue weighted by Crippen LogP contribution is 2.39. The molecule has 0 spiro atoms. The van der Waals surface area contributed by atoms with Crippen molar-refractivity contribution in [1.29, 1.82) is 0 Å². The van der Waals surface area contributed by atoms with Crippen molar-refractivity contribution in [3.05, 3.63) is 29.3 Å². The van der Waals surface area contributed by atoms with Gasteiger partial charge in [-0.1, -0.05) is 0 Å². The molecule has 18 heavy (non-hydrogen) atoms. The molecule has 3 rings (SSSR count). The molecule has 0 unspecified atom stereocenters. The lowest BCUT2D eigenvalue weighted by molar-refractivity contribution is 0.356. The maximum absolute atomic E-state index is 6.13. The fourth-order valence-electron chi connectivity index (χ4n) is 2.89. The third kappa shape index (κ3) is 1.50. The zero-order valence-corrected chi connectivity index (χ0v) is 10.7. The minimum Gasteiger partial charge on any atom is -0.493 e. The molecule has 0 saturated heterocycles. The van der Waals surface area contributed by atoms with E-state index >= 15 is 0 Å². The minimum absolute atomic E-state index is 0.752. The zero-order chi connectivity index (χ0) is 12.7. The van der Waals surface area contributed by atoms with Gasteiger partial charge in [0.15, 0.2) is 11.5 Å². The lowest BCUT2D eigenvalue weighted by Gasteiger charge is -2.13. The summed E-state index contributed by atoms with van der Waals surface area (Å²) in [6, 6.07) is 6.11. The molecule has 0 aliphatic heterocycles. The second kappa shape index (κ2) is 4.09. The van der Waals surface area contributed by atoms with E-state index in [4.69, 9.17) is 15.2 Å². The van der Waals surface area contributed by atoms with Gasteiger partial charge in [0, 0.05) is 5.69 Å². The number of hydrogen-bond acceptors (Lipinski definition) is 3. The third-order valence-corrected chi connectivity index (χ3v) is 3.76. The molecule has 0 aromatic heterocycles. The van der Waals surface area contributed by atoms with Gasteiger partial charge in [-0.05, 0) is 59.4 Å². The number of ether oxygens (including phenoxy) is 2. The Hall–Kier alpha value is -1.90. The van der Waals surface area contributed by atoms with Gasteiger partial charge < -0.3 is 15.2 Å². The predicted octanol–water partition coefficient (Wildman–Crippen LogP) is 2.93. The molecule has 0 saturated carbocycles. The fourth-order valence-corrected chi connectivity index (χ4v) is 2.89. The van der Waals surface area contributed by atoms with E-state index in [1.807, 2.05) is 12.1 Å². The lowest BCUT2D eigenvalue weighted by atomic mass is 9.98. The molecule has 3 heteroatoms. The number of anilines is 1. The Morgan fingerprint density at radius 1 is 0.944 bits per heavy atom. The van der Waals surface area contributed by atoms with E-state index in [0.29, 0.717) is 0 Å². The second-order valence-electron chi connectivity index (χ2n) is 4.70. The summed E-state index contributed by atoms with van der Waals surface area (Å²) in [5.74, 6) is 1.53. The van der Waals surface area contributed by atoms with Crippen molar-refractivity contribution in [2.45, 2.75) is 19.3 Å². The average molecular weight is 243 g/mol. The van der Waals surface area contributed by atoms with Crippen LogP contribution in [0.1, 0.15) is 17.5 Å². The zero-order valence-electron chi connectivity index (χ0n) is 10.7. The van der Waals surface area contributed by atoms with Crippen molar-refractivity contribution in [2.75, 3.05) is 20.0 Å². The quantitative estimate of drug-likeness (QED) is 0.825. The monoisotopic (exact) mass is 243 g/mol. The van der Waals surface area contributed by atoms with Crippen LogP contribution in [0.4, 0.5) is 5.69 Å². The van der Waals surface area contributed by atoms with Gasteiger partial charge in [-0.3, -0.25) is 0 Å². The van der Waals surface area contributed by atoms with Crippen molar-refractivity contribution < 1.29 is 9.47 Å². The number of aryl methyl sites for hydroxylation is 1. The summed E-state index contributed by atoms with van der Waals surface area (Å²) in [6.07, 6.45) is 3.38. The van der Waals surface area contributed by atoms with Crippen LogP contribution in [0.15, 0.2) is 18.2 Å². The van der Waals surface area contributed by atoms with Crippen molar-refractivity contribution in [1.82, 2.24) is 0 Å². The molecule has 2 aromatic carbocycles. The van der Waals surface area contributed by atoms with Crippen LogP contribution in [0.5, 0.6) is 11.5 Å². The highest BCUT2D eigenvalue weighted by Gasteiger charge is 2.18. The SMILES string of the molecule is COc1cc2cc(N)c3c(c2cc1OC)CCC3. The molecule has 0 radical (unpaired) electrons. The van der Waals surface area contributed by atoms with E-state index in [0.717, 1.165) is 35.4 Å². The molecule has 3 nitrogen and oxygen atoms in total. The van der Waals surface area contributed by atoms with Gasteiger partial charge in [0.1, 0.15) is 0 Å². The summed E-state index contributed by atoms with van der Waals surface area (Å²) >= 11 is 0. The third-order valence-electron chi connectivity index (χ3n) is 3.76. The molecular formula is C15H17NO2. The molecule has 2 aromatic rings. The van der Waals surface area contributed by atoms with E-state index in [9.17, 15) is 0 Å². The summed E-state index contributed by atoms with van der Waals surface area (Å²) in [5, 5.41) is 2.38. The van der Waals surface area contributed by atoms with Crippen LogP contribution in [0.2, 0.25) is 0 Å². The normalized spacial score (nSPS) is 13.7. The number of benzene rings is 2. The molecular weight excluding hydrogens is 226 g/mol. The maximum Gasteiger partial charge on any atom is 0.161 e. The van der Waals surface area contributed by atoms with Crippen LogP contribution >= 0.6 is 0 Å². The van der Waals surface area contributed by atoms with Gasteiger partial charge in [0.05, 0.1) is 14.2 Å². The van der Waals surface area contributed by atoms with E-state index in [-0.39, 0.29) is 0 Å². The molecule has 0 atom stereocenters. The van der Waals surface area contributed by atoms with Gasteiger partial charge in [-0.15, -0.1) is 0 Å². The molecule has 2 N–H and O–H groups in total. The Kier molecular flexibility index (Phi) is 2.54. The maximum atomic E-state index is 6.13. The molecule has 0 fully saturated rings. The first kappa shape index (κ1) is 11.2. The van der Waals surface area contributed by atoms with Crippen molar-refractivity contribution in [2.24, 2.45) is 0 Å². The molecule has 1 aliphatic carbocycles. The Bertz CT molecular complexity index is 620. The van der Waals surface area contributed by atoms with Gasteiger partial charge in [-0.2, -0.15) is 0 Å². The highest BCUT2D eigenvalue weighted by atomic mass is 16.5. The number of nitrogens with two attached hydrogens (primary N) is 1. The van der Waals surface area contributed by atoms with Crippen LogP contribution in [-0.2, 0) is 12.8 Å². The van der Waals surface area contributed by atoms with Crippen LogP contribution in [0.3, 0.4) is 0 Å². The van der Waals surface area contributed by atoms with E-state index < -0.39 is 0 Å². The molecule has 0 heterocycles. The van der Waals surface area contributed by atoms with Crippen LogP contribution in [-0.4, -0.2) is 14.2 Å². The first-order chi connectivity index (χ1) is 8.74. The largest absolute Gasteiger partial charge is 0.493 e. The fraction of sp³-hybridized carbons (Fsp3) is 0.333. The Morgan fingerprint density at radius 2 is 1.61 bits per heavy atom. The minimum atomic E-state index is 0.752. The standard InChI is InChI=1S/C15H17NO2/c1-17-14-7-9-6-13(16)11-5-3-4-10(11)12(9)8-15(14)18-2/h6-8H,3-5,16H2,1-2H3. The van der Waals surface area contributed by atoms with Gasteiger partial charge in [0.25, 0.3) is 0 Å². The summed E-state index contributed by atoms with van der Waals surface area (Å²) in [4.78, 5) is 0. The smallest absolute Gasteiger partial charge is 0.161 e. The highest BCUT2D eigenvalue weighted by molar-refractivity contribution is 5.93. The summed E-state index contributed by atoms with van der Waals surface area (Å²) < 4.78 is 10.7. The molecule has 0 amide bonds. The number of rotatable bonds is 2. The van der Waals surface area contributed by atoms with Gasteiger partial charge in [-0.25, -0.2) is 0 Å². The van der Waals surface area contributed by atoms with Crippen LogP contribution in [0, 0.1) is 0 Å². The van der Waals surface area contributed by atoms with Crippen molar-refractivity contribution in [3.63, 3.8) is 0 Å². The van der Waals surface area contributed by atoms with Gasteiger partial charge >= 0.3 is 0 Å². The number of nitrogen functional groups attached to an aromatic ring is 1. The second-order valence-corrected chi connectivity index (χ2v) is 4.70. The van der Waals surface area contributed by atoms with Crippen LogP contribution < -0.4 is 15.2 Å².